The Morgan fingerprint density at radius 3 is 2.36 bits per heavy atom. The molecule has 1 aromatic heterocycles. The monoisotopic (exact) mass is 398 g/mol. The zero-order valence-corrected chi connectivity index (χ0v) is 17.1. The number of piperazine rings is 1. The third-order valence-electron chi connectivity index (χ3n) is 4.77. The highest BCUT2D eigenvalue weighted by Crippen LogP contribution is 2.19. The lowest BCUT2D eigenvalue weighted by Crippen LogP contribution is -2.50. The van der Waals surface area contributed by atoms with Gasteiger partial charge in [0.25, 0.3) is 0 Å². The van der Waals surface area contributed by atoms with Gasteiger partial charge >= 0.3 is 0 Å². The maximum absolute atomic E-state index is 12.7. The minimum Gasteiger partial charge on any atom is -0.368 e. The van der Waals surface area contributed by atoms with Crippen LogP contribution in [0.3, 0.4) is 0 Å². The molecule has 1 atom stereocenters. The van der Waals surface area contributed by atoms with Crippen molar-refractivity contribution in [2.45, 2.75) is 19.1 Å². The Balaban J connectivity index is 1.42. The molecule has 0 aliphatic carbocycles. The summed E-state index contributed by atoms with van der Waals surface area (Å²) in [6.07, 6.45) is 3.57. The first-order valence-corrected chi connectivity index (χ1v) is 10.5. The molecule has 2 aromatic rings. The summed E-state index contributed by atoms with van der Waals surface area (Å²) in [6.45, 7) is 6.89. The second-order valence-electron chi connectivity index (χ2n) is 6.89. The molecule has 1 saturated heterocycles. The Hall–Kier alpha value is -2.54. The Bertz CT molecular complexity index is 790. The maximum Gasteiger partial charge on any atom is 0.235 e. The van der Waals surface area contributed by atoms with E-state index >= 15 is 0 Å². The maximum atomic E-state index is 12.7. The standard InChI is InChI=1S/C21H26N4O2S/c1-16-3-5-18(6-4-16)23-20(26)15-28-17(2)21(27)25-13-11-24(12-14-25)19-7-9-22-10-8-19/h3-10,17H,11-15H2,1-2H3,(H,23,26)/t17-/m1/s1. The number of pyridine rings is 1. The zero-order valence-electron chi connectivity index (χ0n) is 16.3. The molecule has 1 fully saturated rings. The summed E-state index contributed by atoms with van der Waals surface area (Å²) in [7, 11) is 0. The number of carbonyl (C=O) groups excluding carboxylic acids is 2. The number of aryl methyl sites for hydroxylation is 1. The number of nitrogens with zero attached hydrogens (tertiary/aromatic N) is 3. The highest BCUT2D eigenvalue weighted by molar-refractivity contribution is 8.01. The second-order valence-corrected chi connectivity index (χ2v) is 8.21. The van der Waals surface area contributed by atoms with Gasteiger partial charge in [-0.05, 0) is 38.1 Å². The van der Waals surface area contributed by atoms with Gasteiger partial charge in [-0.25, -0.2) is 0 Å². The van der Waals surface area contributed by atoms with Gasteiger partial charge in [0.05, 0.1) is 11.0 Å². The van der Waals surface area contributed by atoms with Gasteiger partial charge in [-0.1, -0.05) is 17.7 Å². The van der Waals surface area contributed by atoms with E-state index < -0.39 is 0 Å². The topological polar surface area (TPSA) is 65.5 Å². The number of hydrogen-bond acceptors (Lipinski definition) is 5. The summed E-state index contributed by atoms with van der Waals surface area (Å²) in [5, 5.41) is 2.63. The van der Waals surface area contributed by atoms with Gasteiger partial charge in [-0.3, -0.25) is 14.6 Å². The molecule has 3 rings (SSSR count). The first-order valence-electron chi connectivity index (χ1n) is 9.45. The molecule has 28 heavy (non-hydrogen) atoms. The van der Waals surface area contributed by atoms with E-state index in [0.29, 0.717) is 13.1 Å². The summed E-state index contributed by atoms with van der Waals surface area (Å²) in [5.74, 6) is 0.274. The zero-order chi connectivity index (χ0) is 19.9. The van der Waals surface area contributed by atoms with Gasteiger partial charge in [-0.15, -0.1) is 11.8 Å². The van der Waals surface area contributed by atoms with Gasteiger partial charge in [0.2, 0.25) is 11.8 Å². The van der Waals surface area contributed by atoms with E-state index in [4.69, 9.17) is 0 Å². The fourth-order valence-electron chi connectivity index (χ4n) is 3.10. The quantitative estimate of drug-likeness (QED) is 0.811. The first kappa shape index (κ1) is 20.2. The largest absolute Gasteiger partial charge is 0.368 e. The summed E-state index contributed by atoms with van der Waals surface area (Å²) in [4.78, 5) is 33.0. The van der Waals surface area contributed by atoms with Gasteiger partial charge in [0.15, 0.2) is 0 Å². The highest BCUT2D eigenvalue weighted by Gasteiger charge is 2.25. The molecule has 1 aliphatic heterocycles. The minimum atomic E-state index is -0.240. The molecule has 6 nitrogen and oxygen atoms in total. The summed E-state index contributed by atoms with van der Waals surface area (Å²) in [6, 6.07) is 11.7. The van der Waals surface area contributed by atoms with E-state index in [0.717, 1.165) is 30.0 Å². The van der Waals surface area contributed by atoms with Crippen LogP contribution in [0.1, 0.15) is 12.5 Å². The van der Waals surface area contributed by atoms with Crippen LogP contribution in [0, 0.1) is 6.92 Å². The number of carbonyl (C=O) groups is 2. The molecular weight excluding hydrogens is 372 g/mol. The van der Waals surface area contributed by atoms with Crippen molar-refractivity contribution in [3.05, 3.63) is 54.4 Å². The van der Waals surface area contributed by atoms with E-state index in [2.05, 4.69) is 15.2 Å². The molecule has 1 aliphatic rings. The van der Waals surface area contributed by atoms with Gasteiger partial charge < -0.3 is 15.1 Å². The van der Waals surface area contributed by atoms with Crippen molar-refractivity contribution in [2.75, 3.05) is 42.1 Å². The molecule has 0 bridgehead atoms. The number of benzene rings is 1. The molecule has 0 spiro atoms. The second kappa shape index (κ2) is 9.59. The smallest absolute Gasteiger partial charge is 0.235 e. The fraction of sp³-hybridized carbons (Fsp3) is 0.381. The number of rotatable bonds is 6. The van der Waals surface area contributed by atoms with E-state index in [1.54, 1.807) is 12.4 Å². The number of anilines is 2. The molecule has 7 heteroatoms. The van der Waals surface area contributed by atoms with Crippen LogP contribution in [0.5, 0.6) is 0 Å². The minimum absolute atomic E-state index is 0.0870. The Morgan fingerprint density at radius 2 is 1.71 bits per heavy atom. The number of nitrogens with one attached hydrogen (secondary N) is 1. The van der Waals surface area contributed by atoms with Gasteiger partial charge in [-0.2, -0.15) is 0 Å². The fourth-order valence-corrected chi connectivity index (χ4v) is 3.87. The number of amides is 2. The van der Waals surface area contributed by atoms with Crippen molar-refractivity contribution < 1.29 is 9.59 Å². The van der Waals surface area contributed by atoms with Crippen LogP contribution >= 0.6 is 11.8 Å². The normalized spacial score (nSPS) is 15.2. The first-order chi connectivity index (χ1) is 13.5. The van der Waals surface area contributed by atoms with E-state index in [1.165, 1.54) is 11.8 Å². The number of hydrogen-bond donors (Lipinski definition) is 1. The van der Waals surface area contributed by atoms with Crippen LogP contribution < -0.4 is 10.2 Å². The number of thioether (sulfide) groups is 1. The summed E-state index contributed by atoms with van der Waals surface area (Å²) < 4.78 is 0. The lowest BCUT2D eigenvalue weighted by molar-refractivity contribution is -0.130. The van der Waals surface area contributed by atoms with Crippen molar-refractivity contribution >= 4 is 35.0 Å². The Morgan fingerprint density at radius 1 is 1.07 bits per heavy atom. The molecule has 1 aromatic carbocycles. The van der Waals surface area contributed by atoms with Crippen LogP contribution in [0.25, 0.3) is 0 Å². The Labute approximate surface area is 170 Å². The predicted octanol–water partition coefficient (Wildman–Crippen LogP) is 2.80. The van der Waals surface area contributed by atoms with Crippen LogP contribution in [0.4, 0.5) is 11.4 Å². The molecule has 1 N–H and O–H groups in total. The Kier molecular flexibility index (Phi) is 6.92. The molecular formula is C21H26N4O2S. The van der Waals surface area contributed by atoms with Gasteiger partial charge in [0, 0.05) is 49.9 Å². The third-order valence-corrected chi connectivity index (χ3v) is 5.90. The lowest BCUT2D eigenvalue weighted by Gasteiger charge is -2.37. The van der Waals surface area contributed by atoms with Crippen molar-refractivity contribution in [1.82, 2.24) is 9.88 Å². The van der Waals surface area contributed by atoms with Gasteiger partial charge in [0.1, 0.15) is 0 Å². The van der Waals surface area contributed by atoms with E-state index in [1.807, 2.05) is 55.1 Å². The lowest BCUT2D eigenvalue weighted by atomic mass is 10.2. The van der Waals surface area contributed by atoms with Crippen molar-refractivity contribution in [2.24, 2.45) is 0 Å². The van der Waals surface area contributed by atoms with Crippen molar-refractivity contribution in [1.29, 1.82) is 0 Å². The van der Waals surface area contributed by atoms with Crippen molar-refractivity contribution in [3.8, 4) is 0 Å². The number of aromatic nitrogens is 1. The average molecular weight is 399 g/mol. The van der Waals surface area contributed by atoms with Crippen LogP contribution in [-0.2, 0) is 9.59 Å². The molecule has 0 unspecified atom stereocenters. The van der Waals surface area contributed by atoms with Crippen LogP contribution in [0.2, 0.25) is 0 Å². The van der Waals surface area contributed by atoms with Crippen LogP contribution in [-0.4, -0.2) is 58.9 Å². The molecule has 2 amide bonds. The van der Waals surface area contributed by atoms with E-state index in [-0.39, 0.29) is 22.8 Å². The SMILES string of the molecule is Cc1ccc(NC(=O)CS[C@H](C)C(=O)N2CCN(c3ccncc3)CC2)cc1. The molecule has 0 radical (unpaired) electrons. The van der Waals surface area contributed by atoms with Crippen LogP contribution in [0.15, 0.2) is 48.8 Å². The van der Waals surface area contributed by atoms with Crippen molar-refractivity contribution in [3.63, 3.8) is 0 Å². The molecule has 2 heterocycles. The highest BCUT2D eigenvalue weighted by atomic mass is 32.2. The average Bonchev–Trinajstić information content (AvgIpc) is 2.74. The molecule has 0 saturated carbocycles. The third kappa shape index (κ3) is 5.48. The predicted molar refractivity (Wildman–Crippen MR) is 115 cm³/mol. The molecule has 148 valence electrons. The summed E-state index contributed by atoms with van der Waals surface area (Å²) in [5.41, 5.74) is 3.07. The van der Waals surface area contributed by atoms with E-state index in [9.17, 15) is 9.59 Å². The summed E-state index contributed by atoms with van der Waals surface area (Å²) >= 11 is 1.38.